The molecule has 1 atom stereocenters. The molecule has 0 saturated carbocycles. The topological polar surface area (TPSA) is 43.4 Å². The number of Topliss-reactive ketones (excluding diaryl/α,β-unsaturated/α-hetero) is 1. The van der Waals surface area contributed by atoms with Gasteiger partial charge in [-0.05, 0) is 44.2 Å². The van der Waals surface area contributed by atoms with Gasteiger partial charge >= 0.3 is 53.6 Å². The van der Waals surface area contributed by atoms with Gasteiger partial charge in [0.15, 0.2) is 0 Å². The first-order chi connectivity index (χ1) is 21.6. The van der Waals surface area contributed by atoms with E-state index in [9.17, 15) is 84.2 Å². The first-order valence-electron chi connectivity index (χ1n) is 14.0. The number of benzene rings is 1. The average molecular weight is 751 g/mol. The maximum absolute atomic E-state index is 14.2. The average Bonchev–Trinajstić information content (AvgIpc) is 2.95. The number of rotatable bonds is 17. The van der Waals surface area contributed by atoms with Crippen molar-refractivity contribution in [1.82, 2.24) is 0 Å². The molecule has 0 N–H and O–H groups in total. The van der Waals surface area contributed by atoms with Crippen molar-refractivity contribution in [3.63, 3.8) is 0 Å². The molecule has 0 spiro atoms. The third-order valence-electron chi connectivity index (χ3n) is 8.38. The Morgan fingerprint density at radius 1 is 0.612 bits per heavy atom. The molecule has 20 heteroatoms. The van der Waals surface area contributed by atoms with Crippen molar-refractivity contribution in [3.05, 3.63) is 35.4 Å². The Hall–Kier alpha value is -2.83. The summed E-state index contributed by atoms with van der Waals surface area (Å²) in [7, 11) is 0. The van der Waals surface area contributed by atoms with Gasteiger partial charge in [0.2, 0.25) is 0 Å². The zero-order chi connectivity index (χ0) is 39.1. The first kappa shape index (κ1) is 44.2. The van der Waals surface area contributed by atoms with E-state index < -0.39 is 77.5 Å². The molecule has 3 nitrogen and oxygen atoms in total. The van der Waals surface area contributed by atoms with Crippen LogP contribution in [-0.2, 0) is 20.7 Å². The lowest BCUT2D eigenvalue weighted by molar-refractivity contribution is -0.461. The summed E-state index contributed by atoms with van der Waals surface area (Å²) in [5.74, 6) is -58.9. The zero-order valence-corrected chi connectivity index (χ0v) is 26.2. The van der Waals surface area contributed by atoms with Crippen molar-refractivity contribution in [1.29, 1.82) is 0 Å². The van der Waals surface area contributed by atoms with Gasteiger partial charge in [0.1, 0.15) is 5.78 Å². The van der Waals surface area contributed by atoms with Crippen LogP contribution in [0.5, 0.6) is 0 Å². The van der Waals surface area contributed by atoms with Gasteiger partial charge in [0.25, 0.3) is 0 Å². The highest BCUT2D eigenvalue weighted by molar-refractivity contribution is 5.86. The Morgan fingerprint density at radius 3 is 1.47 bits per heavy atom. The maximum Gasteiger partial charge on any atom is 0.460 e. The number of carbonyl (C=O) groups excluding carboxylic acids is 2. The zero-order valence-electron chi connectivity index (χ0n) is 26.2. The van der Waals surface area contributed by atoms with E-state index in [1.54, 1.807) is 31.2 Å². The van der Waals surface area contributed by atoms with E-state index in [4.69, 9.17) is 0 Å². The maximum atomic E-state index is 14.2. The molecule has 284 valence electrons. The molecule has 0 bridgehead atoms. The molecule has 0 aromatic heterocycles. The van der Waals surface area contributed by atoms with E-state index in [-0.39, 0.29) is 31.5 Å². The molecule has 0 saturated heterocycles. The van der Waals surface area contributed by atoms with Gasteiger partial charge < -0.3 is 4.74 Å². The number of ketones is 1. The van der Waals surface area contributed by atoms with Crippen LogP contribution in [0.4, 0.5) is 74.6 Å². The molecule has 1 aromatic rings. The Kier molecular flexibility index (Phi) is 12.4. The van der Waals surface area contributed by atoms with Gasteiger partial charge in [-0.15, -0.1) is 0 Å². The Balaban J connectivity index is 3.15. The quantitative estimate of drug-likeness (QED) is 0.118. The molecule has 0 amide bonds. The number of ether oxygens (including phenoxy) is 1. The molecule has 1 unspecified atom stereocenters. The summed E-state index contributed by atoms with van der Waals surface area (Å²) in [5, 5.41) is 0. The summed E-state index contributed by atoms with van der Waals surface area (Å²) in [6.07, 6.45) is -11.2. The van der Waals surface area contributed by atoms with Gasteiger partial charge in [-0.2, -0.15) is 74.6 Å². The standard InChI is InChI=1S/C29H31F17O3/c1-6-21(5,12-11-20(3,4)18(47)15-17-10-8-7-9-16(17)2)19(48)49-14-13-22(30,31)23(32,33)24(34,35)25(36,37)26(38,39)27(40,41)28(42,43)29(44,45)46/h7-10H,6,11-15H2,1-5H3. The minimum absolute atomic E-state index is 0.0196. The number of hydrogen-bond acceptors (Lipinski definition) is 3. The van der Waals surface area contributed by atoms with Crippen molar-refractivity contribution in [2.75, 3.05) is 6.61 Å². The second-order valence-electron chi connectivity index (χ2n) is 12.4. The van der Waals surface area contributed by atoms with Gasteiger partial charge in [-0.1, -0.05) is 45.0 Å². The summed E-state index contributed by atoms with van der Waals surface area (Å²) in [6, 6.07) is 6.86. The smallest absolute Gasteiger partial charge is 0.460 e. The van der Waals surface area contributed by atoms with E-state index in [0.717, 1.165) is 12.5 Å². The van der Waals surface area contributed by atoms with Crippen molar-refractivity contribution in [2.24, 2.45) is 10.8 Å². The van der Waals surface area contributed by atoms with Crippen LogP contribution in [0.15, 0.2) is 24.3 Å². The lowest BCUT2D eigenvalue weighted by atomic mass is 9.73. The van der Waals surface area contributed by atoms with Crippen LogP contribution in [0.2, 0.25) is 0 Å². The first-order valence-corrected chi connectivity index (χ1v) is 14.0. The molecular weight excluding hydrogens is 719 g/mol. The summed E-state index contributed by atoms with van der Waals surface area (Å²) >= 11 is 0. The normalized spacial score (nSPS) is 16.0. The highest BCUT2D eigenvalue weighted by atomic mass is 19.4. The van der Waals surface area contributed by atoms with Gasteiger partial charge in [0.05, 0.1) is 18.4 Å². The number of hydrogen-bond donors (Lipinski definition) is 0. The largest absolute Gasteiger partial charge is 0.465 e. The number of aryl methyl sites for hydroxylation is 1. The molecule has 1 aromatic carbocycles. The van der Waals surface area contributed by atoms with Crippen LogP contribution in [-0.4, -0.2) is 66.0 Å². The van der Waals surface area contributed by atoms with Crippen LogP contribution >= 0.6 is 0 Å². The molecule has 1 rings (SSSR count). The molecule has 0 radical (unpaired) electrons. The number of esters is 1. The minimum atomic E-state index is -8.72. The van der Waals surface area contributed by atoms with Gasteiger partial charge in [-0.25, -0.2) is 0 Å². The van der Waals surface area contributed by atoms with Crippen LogP contribution in [0.3, 0.4) is 0 Å². The summed E-state index contributed by atoms with van der Waals surface area (Å²) < 4.78 is 233. The Morgan fingerprint density at radius 2 is 1.04 bits per heavy atom. The minimum Gasteiger partial charge on any atom is -0.465 e. The van der Waals surface area contributed by atoms with Crippen molar-refractivity contribution < 1.29 is 89.0 Å². The third kappa shape index (κ3) is 7.76. The van der Waals surface area contributed by atoms with Gasteiger partial charge in [-0.3, -0.25) is 9.59 Å². The van der Waals surface area contributed by atoms with Crippen molar-refractivity contribution >= 4 is 11.8 Å². The van der Waals surface area contributed by atoms with Gasteiger partial charge in [0, 0.05) is 11.8 Å². The predicted octanol–water partition coefficient (Wildman–Crippen LogP) is 10.3. The molecule has 0 aliphatic rings. The lowest BCUT2D eigenvalue weighted by Gasteiger charge is -2.42. The molecular formula is C29H31F17O3. The SMILES string of the molecule is CCC(C)(CCC(C)(C)C(=O)Cc1ccccc1C)C(=O)OCCC(F)(F)C(F)(F)C(F)(F)C(F)(F)C(F)(F)C(F)(F)C(F)(F)C(F)(F)F. The number of carbonyl (C=O) groups is 2. The fourth-order valence-corrected chi connectivity index (χ4v) is 4.17. The number of halogens is 17. The summed E-state index contributed by atoms with van der Waals surface area (Å²) in [6.45, 7) is 5.27. The highest BCUT2D eigenvalue weighted by Crippen LogP contribution is 2.64. The van der Waals surface area contributed by atoms with E-state index >= 15 is 0 Å². The second-order valence-corrected chi connectivity index (χ2v) is 12.4. The fourth-order valence-electron chi connectivity index (χ4n) is 4.17. The monoisotopic (exact) mass is 750 g/mol. The Bertz CT molecular complexity index is 1340. The van der Waals surface area contributed by atoms with Crippen LogP contribution in [0, 0.1) is 17.8 Å². The predicted molar refractivity (Wildman–Crippen MR) is 138 cm³/mol. The van der Waals surface area contributed by atoms with Crippen molar-refractivity contribution in [3.8, 4) is 0 Å². The number of alkyl halides is 17. The summed E-state index contributed by atoms with van der Waals surface area (Å²) in [4.78, 5) is 25.6. The second kappa shape index (κ2) is 13.7. The third-order valence-corrected chi connectivity index (χ3v) is 8.38. The van der Waals surface area contributed by atoms with E-state index in [0.29, 0.717) is 5.56 Å². The van der Waals surface area contributed by atoms with E-state index in [1.165, 1.54) is 20.8 Å². The van der Waals surface area contributed by atoms with Crippen LogP contribution in [0.25, 0.3) is 0 Å². The molecule has 0 aliphatic carbocycles. The highest BCUT2D eigenvalue weighted by Gasteiger charge is 2.95. The fraction of sp³-hybridized carbons (Fsp3) is 0.724. The van der Waals surface area contributed by atoms with Crippen LogP contribution < -0.4 is 0 Å². The summed E-state index contributed by atoms with van der Waals surface area (Å²) in [5.41, 5.74) is -1.30. The van der Waals surface area contributed by atoms with E-state index in [1.807, 2.05) is 0 Å². The van der Waals surface area contributed by atoms with Crippen LogP contribution in [0.1, 0.15) is 64.5 Å². The molecule has 49 heavy (non-hydrogen) atoms. The molecule has 0 aliphatic heterocycles. The van der Waals surface area contributed by atoms with E-state index in [2.05, 4.69) is 4.74 Å². The van der Waals surface area contributed by atoms with Crippen molar-refractivity contribution in [2.45, 2.75) is 114 Å². The molecule has 0 heterocycles. The lowest BCUT2D eigenvalue weighted by Crippen LogP contribution is -2.74. The Labute approximate surface area is 268 Å². The molecule has 0 fully saturated rings.